The van der Waals surface area contributed by atoms with Crippen molar-refractivity contribution in [1.82, 2.24) is 5.32 Å². The van der Waals surface area contributed by atoms with Crippen LogP contribution >= 0.6 is 0 Å². The van der Waals surface area contributed by atoms with Crippen LogP contribution in [-0.4, -0.2) is 26.6 Å². The van der Waals surface area contributed by atoms with Gasteiger partial charge in [0.05, 0.1) is 4.90 Å². The zero-order chi connectivity index (χ0) is 16.0. The summed E-state index contributed by atoms with van der Waals surface area (Å²) in [6.07, 6.45) is 0.684. The first-order valence-corrected chi connectivity index (χ1v) is 8.73. The number of aryl methyl sites for hydroxylation is 1. The van der Waals surface area contributed by atoms with Gasteiger partial charge in [-0.25, -0.2) is 8.42 Å². The first-order valence-electron chi connectivity index (χ1n) is 7.08. The Hall–Kier alpha value is -2.14. The van der Waals surface area contributed by atoms with Gasteiger partial charge in [0.25, 0.3) is 0 Å². The molecule has 0 aliphatic carbocycles. The average molecular weight is 317 g/mol. The molecule has 1 amide bonds. The van der Waals surface area contributed by atoms with Gasteiger partial charge < -0.3 is 5.32 Å². The Kier molecular flexibility index (Phi) is 5.33. The minimum absolute atomic E-state index is 0.170. The molecule has 22 heavy (non-hydrogen) atoms. The predicted molar refractivity (Wildman–Crippen MR) is 86.4 cm³/mol. The van der Waals surface area contributed by atoms with Crippen molar-refractivity contribution in [3.63, 3.8) is 0 Å². The Morgan fingerprint density at radius 1 is 1.00 bits per heavy atom. The Balaban J connectivity index is 1.87. The zero-order valence-corrected chi connectivity index (χ0v) is 13.3. The molecule has 1 N–H and O–H groups in total. The Labute approximate surface area is 131 Å². The molecule has 2 aromatic rings. The average Bonchev–Trinajstić information content (AvgIpc) is 2.50. The molecular formula is C17H19NO3S. The third-order valence-corrected chi connectivity index (χ3v) is 5.03. The van der Waals surface area contributed by atoms with E-state index in [4.69, 9.17) is 0 Å². The molecular weight excluding hydrogens is 298 g/mol. The number of hydrogen-bond donors (Lipinski definition) is 1. The van der Waals surface area contributed by atoms with Gasteiger partial charge in [0, 0.05) is 6.54 Å². The van der Waals surface area contributed by atoms with Gasteiger partial charge >= 0.3 is 0 Å². The molecule has 2 aromatic carbocycles. The number of nitrogens with one attached hydrogen (secondary N) is 1. The molecule has 0 saturated heterocycles. The van der Waals surface area contributed by atoms with E-state index in [1.807, 2.05) is 31.2 Å². The van der Waals surface area contributed by atoms with E-state index in [9.17, 15) is 13.2 Å². The smallest absolute Gasteiger partial charge is 0.235 e. The fourth-order valence-electron chi connectivity index (χ4n) is 2.16. The summed E-state index contributed by atoms with van der Waals surface area (Å²) in [6.45, 7) is 2.44. The lowest BCUT2D eigenvalue weighted by molar-refractivity contribution is -0.118. The molecule has 0 spiro atoms. The Morgan fingerprint density at radius 2 is 1.64 bits per heavy atom. The molecule has 0 aromatic heterocycles. The van der Waals surface area contributed by atoms with E-state index in [0.29, 0.717) is 13.0 Å². The van der Waals surface area contributed by atoms with Gasteiger partial charge in [-0.05, 0) is 36.6 Å². The molecule has 0 aliphatic rings. The third kappa shape index (κ3) is 4.43. The van der Waals surface area contributed by atoms with E-state index in [0.717, 1.165) is 11.1 Å². The fourth-order valence-corrected chi connectivity index (χ4v) is 3.35. The maximum absolute atomic E-state index is 12.1. The largest absolute Gasteiger partial charge is 0.355 e. The maximum Gasteiger partial charge on any atom is 0.235 e. The second-order valence-electron chi connectivity index (χ2n) is 5.10. The molecule has 0 unspecified atom stereocenters. The van der Waals surface area contributed by atoms with Crippen LogP contribution in [0, 0.1) is 6.92 Å². The van der Waals surface area contributed by atoms with E-state index in [-0.39, 0.29) is 4.90 Å². The van der Waals surface area contributed by atoms with Gasteiger partial charge in [-0.15, -0.1) is 0 Å². The van der Waals surface area contributed by atoms with Gasteiger partial charge in [-0.2, -0.15) is 0 Å². The quantitative estimate of drug-likeness (QED) is 0.888. The molecule has 0 fully saturated rings. The highest BCUT2D eigenvalue weighted by Crippen LogP contribution is 2.10. The molecule has 2 rings (SSSR count). The number of amides is 1. The second kappa shape index (κ2) is 7.22. The van der Waals surface area contributed by atoms with Crippen LogP contribution in [0.1, 0.15) is 11.1 Å². The zero-order valence-electron chi connectivity index (χ0n) is 12.5. The lowest BCUT2D eigenvalue weighted by atomic mass is 10.1. The molecule has 0 saturated carbocycles. The molecule has 0 aliphatic heterocycles. The van der Waals surface area contributed by atoms with Crippen LogP contribution in [0.25, 0.3) is 0 Å². The summed E-state index contributed by atoms with van der Waals surface area (Å²) in [4.78, 5) is 12.0. The lowest BCUT2D eigenvalue weighted by Gasteiger charge is -2.08. The molecule has 0 atom stereocenters. The van der Waals surface area contributed by atoms with Crippen molar-refractivity contribution in [2.45, 2.75) is 18.2 Å². The van der Waals surface area contributed by atoms with Crippen molar-refractivity contribution in [2.75, 3.05) is 12.3 Å². The minimum Gasteiger partial charge on any atom is -0.355 e. The van der Waals surface area contributed by atoms with Crippen LogP contribution in [0.4, 0.5) is 0 Å². The highest BCUT2D eigenvalue weighted by molar-refractivity contribution is 7.92. The molecule has 4 nitrogen and oxygen atoms in total. The van der Waals surface area contributed by atoms with Crippen molar-refractivity contribution in [2.24, 2.45) is 0 Å². The van der Waals surface area contributed by atoms with Crippen LogP contribution < -0.4 is 5.32 Å². The fraction of sp³-hybridized carbons (Fsp3) is 0.235. The van der Waals surface area contributed by atoms with Crippen molar-refractivity contribution in [3.05, 3.63) is 65.7 Å². The molecule has 0 radical (unpaired) electrons. The summed E-state index contributed by atoms with van der Waals surface area (Å²) in [5.74, 6) is -0.998. The van der Waals surface area contributed by atoms with Crippen LogP contribution in [-0.2, 0) is 21.1 Å². The van der Waals surface area contributed by atoms with Gasteiger partial charge in [0.1, 0.15) is 5.75 Å². The SMILES string of the molecule is Cc1ccccc1CCNC(=O)CS(=O)(=O)c1ccccc1. The summed E-state index contributed by atoms with van der Waals surface area (Å²) in [5, 5.41) is 2.67. The van der Waals surface area contributed by atoms with Crippen LogP contribution in [0.3, 0.4) is 0 Å². The Morgan fingerprint density at radius 3 is 2.32 bits per heavy atom. The summed E-state index contributed by atoms with van der Waals surface area (Å²) in [6, 6.07) is 15.9. The number of carbonyl (C=O) groups is 1. The van der Waals surface area contributed by atoms with E-state index in [1.54, 1.807) is 18.2 Å². The molecule has 0 bridgehead atoms. The second-order valence-corrected chi connectivity index (χ2v) is 7.09. The van der Waals surface area contributed by atoms with E-state index in [2.05, 4.69) is 5.32 Å². The van der Waals surface area contributed by atoms with Crippen molar-refractivity contribution < 1.29 is 13.2 Å². The minimum atomic E-state index is -3.57. The number of benzene rings is 2. The highest BCUT2D eigenvalue weighted by Gasteiger charge is 2.18. The first-order chi connectivity index (χ1) is 10.5. The summed E-state index contributed by atoms with van der Waals surface area (Å²) < 4.78 is 24.1. The van der Waals surface area contributed by atoms with E-state index in [1.165, 1.54) is 12.1 Å². The van der Waals surface area contributed by atoms with Gasteiger partial charge in [0.2, 0.25) is 5.91 Å². The van der Waals surface area contributed by atoms with Crippen molar-refractivity contribution in [3.8, 4) is 0 Å². The number of hydrogen-bond acceptors (Lipinski definition) is 3. The van der Waals surface area contributed by atoms with Gasteiger partial charge in [0.15, 0.2) is 9.84 Å². The van der Waals surface area contributed by atoms with Crippen LogP contribution in [0.5, 0.6) is 0 Å². The molecule has 5 heteroatoms. The lowest BCUT2D eigenvalue weighted by Crippen LogP contribution is -2.31. The van der Waals surface area contributed by atoms with Gasteiger partial charge in [-0.1, -0.05) is 42.5 Å². The summed E-state index contributed by atoms with van der Waals surface area (Å²) in [7, 11) is -3.57. The first kappa shape index (κ1) is 16.2. The van der Waals surface area contributed by atoms with Crippen LogP contribution in [0.15, 0.2) is 59.5 Å². The number of carbonyl (C=O) groups excluding carboxylic acids is 1. The molecule has 116 valence electrons. The monoisotopic (exact) mass is 317 g/mol. The summed E-state index contributed by atoms with van der Waals surface area (Å²) in [5.41, 5.74) is 2.31. The normalized spacial score (nSPS) is 11.1. The topological polar surface area (TPSA) is 63.2 Å². The van der Waals surface area contributed by atoms with Gasteiger partial charge in [-0.3, -0.25) is 4.79 Å². The van der Waals surface area contributed by atoms with Crippen molar-refractivity contribution >= 4 is 15.7 Å². The maximum atomic E-state index is 12.1. The Bertz CT molecular complexity index is 740. The third-order valence-electron chi connectivity index (χ3n) is 3.40. The molecule has 0 heterocycles. The standard InChI is InChI=1S/C17H19NO3S/c1-14-7-5-6-8-15(14)11-12-18-17(19)13-22(20,21)16-9-3-2-4-10-16/h2-10H,11-13H2,1H3,(H,18,19). The number of sulfone groups is 1. The van der Waals surface area contributed by atoms with E-state index < -0.39 is 21.5 Å². The van der Waals surface area contributed by atoms with Crippen LogP contribution in [0.2, 0.25) is 0 Å². The summed E-state index contributed by atoms with van der Waals surface area (Å²) >= 11 is 0. The number of rotatable bonds is 6. The predicted octanol–water partition coefficient (Wildman–Crippen LogP) is 2.13. The van der Waals surface area contributed by atoms with E-state index >= 15 is 0 Å². The highest BCUT2D eigenvalue weighted by atomic mass is 32.2. The van der Waals surface area contributed by atoms with Crippen molar-refractivity contribution in [1.29, 1.82) is 0 Å².